The van der Waals surface area contributed by atoms with E-state index < -0.39 is 0 Å². The van der Waals surface area contributed by atoms with Crippen LogP contribution >= 0.6 is 0 Å². The van der Waals surface area contributed by atoms with Gasteiger partial charge in [-0.3, -0.25) is 4.68 Å². The number of hydrogen-bond donors (Lipinski definition) is 2. The first-order valence-corrected chi connectivity index (χ1v) is 3.56. The Morgan fingerprint density at radius 3 is 3.00 bits per heavy atom. The third kappa shape index (κ3) is 2.28. The number of nitrogens with two attached hydrogens (primary N) is 1. The fourth-order valence-electron chi connectivity index (χ4n) is 0.767. The van der Waals surface area contributed by atoms with Crippen molar-refractivity contribution in [3.05, 3.63) is 12.2 Å². The van der Waals surface area contributed by atoms with Crippen LogP contribution < -0.4 is 5.73 Å². The monoisotopic (exact) mass is 156 g/mol. The zero-order valence-electron chi connectivity index (χ0n) is 6.27. The van der Waals surface area contributed by atoms with Crippen molar-refractivity contribution < 1.29 is 5.11 Å². The van der Waals surface area contributed by atoms with Crippen molar-refractivity contribution in [2.24, 2.45) is 5.73 Å². The van der Waals surface area contributed by atoms with Gasteiger partial charge < -0.3 is 10.8 Å². The summed E-state index contributed by atoms with van der Waals surface area (Å²) >= 11 is 0. The molecule has 0 fully saturated rings. The molecule has 0 aliphatic rings. The zero-order chi connectivity index (χ0) is 8.10. The molecule has 0 bridgehead atoms. The van der Waals surface area contributed by atoms with Gasteiger partial charge in [0.25, 0.3) is 0 Å². The molecule has 0 radical (unpaired) electrons. The maximum absolute atomic E-state index is 8.51. The molecule has 0 spiro atoms. The molecule has 5 nitrogen and oxygen atoms in total. The van der Waals surface area contributed by atoms with E-state index in [-0.39, 0.29) is 6.61 Å². The molecule has 0 aliphatic heterocycles. The Kier molecular flexibility index (Phi) is 3.00. The van der Waals surface area contributed by atoms with Crippen LogP contribution in [0.4, 0.5) is 0 Å². The van der Waals surface area contributed by atoms with Crippen LogP contribution in [0.1, 0.15) is 12.2 Å². The van der Waals surface area contributed by atoms with Gasteiger partial charge in [0.05, 0.1) is 6.54 Å². The van der Waals surface area contributed by atoms with Crippen LogP contribution in [0, 0.1) is 0 Å². The molecule has 0 unspecified atom stereocenters. The number of aliphatic hydroxyl groups is 1. The SMILES string of the molecule is NCc1ncn(CCCO)n1. The molecule has 0 saturated carbocycles. The minimum atomic E-state index is 0.178. The first-order valence-electron chi connectivity index (χ1n) is 3.56. The summed E-state index contributed by atoms with van der Waals surface area (Å²) in [5.74, 6) is 0.642. The predicted octanol–water partition coefficient (Wildman–Crippen LogP) is -0.881. The molecular weight excluding hydrogens is 144 g/mol. The summed E-state index contributed by atoms with van der Waals surface area (Å²) < 4.78 is 1.68. The molecule has 0 saturated heterocycles. The third-order valence-corrected chi connectivity index (χ3v) is 1.31. The first kappa shape index (κ1) is 8.16. The summed E-state index contributed by atoms with van der Waals surface area (Å²) in [5, 5.41) is 12.5. The largest absolute Gasteiger partial charge is 0.396 e. The molecule has 1 aromatic rings. The number of aryl methyl sites for hydroxylation is 1. The summed E-state index contributed by atoms with van der Waals surface area (Å²) in [6.07, 6.45) is 2.32. The van der Waals surface area contributed by atoms with Gasteiger partial charge in [-0.2, -0.15) is 5.10 Å². The van der Waals surface area contributed by atoms with E-state index >= 15 is 0 Å². The van der Waals surface area contributed by atoms with Gasteiger partial charge in [-0.05, 0) is 6.42 Å². The Labute approximate surface area is 64.9 Å². The van der Waals surface area contributed by atoms with Crippen LogP contribution in [0.2, 0.25) is 0 Å². The van der Waals surface area contributed by atoms with Crippen LogP contribution in [0.15, 0.2) is 6.33 Å². The van der Waals surface area contributed by atoms with Gasteiger partial charge in [0, 0.05) is 13.2 Å². The summed E-state index contributed by atoms with van der Waals surface area (Å²) in [7, 11) is 0. The number of aliphatic hydroxyl groups excluding tert-OH is 1. The molecule has 62 valence electrons. The smallest absolute Gasteiger partial charge is 0.164 e. The Hall–Kier alpha value is -0.940. The number of hydrogen-bond acceptors (Lipinski definition) is 4. The Morgan fingerprint density at radius 2 is 2.45 bits per heavy atom. The van der Waals surface area contributed by atoms with E-state index in [1.54, 1.807) is 11.0 Å². The lowest BCUT2D eigenvalue weighted by molar-refractivity contribution is 0.276. The van der Waals surface area contributed by atoms with E-state index in [9.17, 15) is 0 Å². The van der Waals surface area contributed by atoms with E-state index in [2.05, 4.69) is 10.1 Å². The predicted molar refractivity (Wildman–Crippen MR) is 39.6 cm³/mol. The molecule has 11 heavy (non-hydrogen) atoms. The highest BCUT2D eigenvalue weighted by atomic mass is 16.3. The van der Waals surface area contributed by atoms with E-state index in [0.717, 1.165) is 0 Å². The maximum Gasteiger partial charge on any atom is 0.164 e. The molecule has 1 rings (SSSR count). The second-order valence-electron chi connectivity index (χ2n) is 2.21. The minimum absolute atomic E-state index is 0.178. The fraction of sp³-hybridized carbons (Fsp3) is 0.667. The molecule has 0 atom stereocenters. The van der Waals surface area contributed by atoms with Crippen molar-refractivity contribution in [2.45, 2.75) is 19.5 Å². The Morgan fingerprint density at radius 1 is 1.64 bits per heavy atom. The van der Waals surface area contributed by atoms with Gasteiger partial charge in [-0.25, -0.2) is 4.98 Å². The highest BCUT2D eigenvalue weighted by molar-refractivity contribution is 4.78. The number of rotatable bonds is 4. The number of aromatic nitrogens is 3. The van der Waals surface area contributed by atoms with Crippen LogP contribution in [0.25, 0.3) is 0 Å². The molecule has 5 heteroatoms. The molecular formula is C6H12N4O. The average Bonchev–Trinajstić information content (AvgIpc) is 2.48. The lowest BCUT2D eigenvalue weighted by atomic mass is 10.5. The van der Waals surface area contributed by atoms with Crippen LogP contribution in [0.3, 0.4) is 0 Å². The van der Waals surface area contributed by atoms with Crippen LogP contribution in [-0.2, 0) is 13.1 Å². The number of nitrogens with zero attached hydrogens (tertiary/aromatic N) is 3. The third-order valence-electron chi connectivity index (χ3n) is 1.31. The molecule has 0 aromatic carbocycles. The molecule has 1 heterocycles. The summed E-state index contributed by atoms with van der Waals surface area (Å²) in [4.78, 5) is 3.93. The highest BCUT2D eigenvalue weighted by Crippen LogP contribution is 1.89. The van der Waals surface area contributed by atoms with Gasteiger partial charge in [-0.1, -0.05) is 0 Å². The van der Waals surface area contributed by atoms with Crippen molar-refractivity contribution >= 4 is 0 Å². The van der Waals surface area contributed by atoms with Crippen LogP contribution in [-0.4, -0.2) is 26.5 Å². The van der Waals surface area contributed by atoms with Crippen molar-refractivity contribution in [2.75, 3.05) is 6.61 Å². The Bertz CT molecular complexity index is 210. The van der Waals surface area contributed by atoms with Gasteiger partial charge in [-0.15, -0.1) is 0 Å². The summed E-state index contributed by atoms with van der Waals surface area (Å²) in [6, 6.07) is 0. The van der Waals surface area contributed by atoms with Gasteiger partial charge in [0.15, 0.2) is 5.82 Å². The Balaban J connectivity index is 2.44. The normalized spacial score (nSPS) is 10.4. The second kappa shape index (κ2) is 4.05. The van der Waals surface area contributed by atoms with Gasteiger partial charge in [0.2, 0.25) is 0 Å². The van der Waals surface area contributed by atoms with E-state index in [4.69, 9.17) is 10.8 Å². The van der Waals surface area contributed by atoms with Crippen molar-refractivity contribution in [3.8, 4) is 0 Å². The maximum atomic E-state index is 8.51. The fourth-order valence-corrected chi connectivity index (χ4v) is 0.767. The van der Waals surface area contributed by atoms with Crippen LogP contribution in [0.5, 0.6) is 0 Å². The van der Waals surface area contributed by atoms with Gasteiger partial charge in [0.1, 0.15) is 6.33 Å². The highest BCUT2D eigenvalue weighted by Gasteiger charge is 1.96. The molecule has 1 aromatic heterocycles. The summed E-state index contributed by atoms with van der Waals surface area (Å²) in [6.45, 7) is 1.24. The second-order valence-corrected chi connectivity index (χ2v) is 2.21. The molecule has 3 N–H and O–H groups in total. The molecule has 0 amide bonds. The van der Waals surface area contributed by atoms with Gasteiger partial charge >= 0.3 is 0 Å². The average molecular weight is 156 g/mol. The lowest BCUT2D eigenvalue weighted by Crippen LogP contribution is -2.03. The van der Waals surface area contributed by atoms with E-state index in [1.807, 2.05) is 0 Å². The summed E-state index contributed by atoms with van der Waals surface area (Å²) in [5.41, 5.74) is 5.30. The quantitative estimate of drug-likeness (QED) is 0.593. The van der Waals surface area contributed by atoms with E-state index in [0.29, 0.717) is 25.3 Å². The van der Waals surface area contributed by atoms with Crippen molar-refractivity contribution in [1.82, 2.24) is 14.8 Å². The van der Waals surface area contributed by atoms with E-state index in [1.165, 1.54) is 0 Å². The first-order chi connectivity index (χ1) is 5.36. The molecule has 0 aliphatic carbocycles. The zero-order valence-corrected chi connectivity index (χ0v) is 6.27. The standard InChI is InChI=1S/C6H12N4O/c7-4-6-8-5-10(9-6)2-1-3-11/h5,11H,1-4,7H2. The minimum Gasteiger partial charge on any atom is -0.396 e. The van der Waals surface area contributed by atoms with Crippen molar-refractivity contribution in [3.63, 3.8) is 0 Å². The lowest BCUT2D eigenvalue weighted by Gasteiger charge is -1.95. The van der Waals surface area contributed by atoms with Crippen molar-refractivity contribution in [1.29, 1.82) is 0 Å². The topological polar surface area (TPSA) is 77.0 Å².